The maximum absolute atomic E-state index is 9.19. The number of benzene rings is 1. The van der Waals surface area contributed by atoms with Gasteiger partial charge in [0.2, 0.25) is 0 Å². The molecule has 1 aromatic rings. The van der Waals surface area contributed by atoms with Crippen molar-refractivity contribution in [2.75, 3.05) is 24.7 Å². The van der Waals surface area contributed by atoms with Gasteiger partial charge in [-0.05, 0) is 31.5 Å². The third kappa shape index (κ3) is 2.83. The molecule has 1 aliphatic rings. The summed E-state index contributed by atoms with van der Waals surface area (Å²) in [6.07, 6.45) is -0.0886. The fourth-order valence-corrected chi connectivity index (χ4v) is 2.26. The van der Waals surface area contributed by atoms with Crippen molar-refractivity contribution in [3.63, 3.8) is 0 Å². The number of morpholine rings is 1. The Bertz CT molecular complexity index is 378. The number of aliphatic hydroxyl groups excluding tert-OH is 1. The molecule has 0 spiro atoms. The molecule has 4 heteroatoms. The summed E-state index contributed by atoms with van der Waals surface area (Å²) in [5.41, 5.74) is 8.14. The van der Waals surface area contributed by atoms with E-state index in [1.807, 2.05) is 6.92 Å². The van der Waals surface area contributed by atoms with Gasteiger partial charge in [0, 0.05) is 24.3 Å². The van der Waals surface area contributed by atoms with Crippen LogP contribution < -0.4 is 10.6 Å². The van der Waals surface area contributed by atoms with Crippen molar-refractivity contribution in [3.8, 4) is 0 Å². The first kappa shape index (κ1) is 13.3. The molecule has 0 aliphatic carbocycles. The van der Waals surface area contributed by atoms with E-state index in [1.54, 1.807) is 0 Å². The molecule has 3 atom stereocenters. The maximum Gasteiger partial charge on any atom is 0.0981 e. The van der Waals surface area contributed by atoms with Crippen molar-refractivity contribution < 1.29 is 9.84 Å². The molecular weight excluding hydrogens is 228 g/mol. The molecule has 100 valence electrons. The summed E-state index contributed by atoms with van der Waals surface area (Å²) in [5, 5.41) is 9.19. The summed E-state index contributed by atoms with van der Waals surface area (Å²) in [6.45, 7) is 5.57. The SMILES string of the molecule is CC1COC(CO)CN1c1ccc([C@H](C)N)cc1. The van der Waals surface area contributed by atoms with Gasteiger partial charge in [0.25, 0.3) is 0 Å². The zero-order valence-electron chi connectivity index (χ0n) is 11.0. The highest BCUT2D eigenvalue weighted by Gasteiger charge is 2.25. The van der Waals surface area contributed by atoms with Gasteiger partial charge in [-0.1, -0.05) is 12.1 Å². The summed E-state index contributed by atoms with van der Waals surface area (Å²) >= 11 is 0. The molecule has 1 aromatic carbocycles. The third-order valence-electron chi connectivity index (χ3n) is 3.46. The molecule has 0 aromatic heterocycles. The van der Waals surface area contributed by atoms with Crippen LogP contribution in [-0.4, -0.2) is 37.0 Å². The molecule has 1 heterocycles. The van der Waals surface area contributed by atoms with Gasteiger partial charge >= 0.3 is 0 Å². The van der Waals surface area contributed by atoms with Gasteiger partial charge < -0.3 is 20.5 Å². The quantitative estimate of drug-likeness (QED) is 0.849. The van der Waals surface area contributed by atoms with Crippen molar-refractivity contribution in [1.29, 1.82) is 0 Å². The number of ether oxygens (including phenoxy) is 1. The summed E-state index contributed by atoms with van der Waals surface area (Å²) < 4.78 is 5.54. The molecule has 0 bridgehead atoms. The normalized spacial score (nSPS) is 26.1. The van der Waals surface area contributed by atoms with E-state index in [4.69, 9.17) is 10.5 Å². The van der Waals surface area contributed by atoms with Crippen LogP contribution in [0, 0.1) is 0 Å². The number of hydrogen-bond acceptors (Lipinski definition) is 4. The fourth-order valence-electron chi connectivity index (χ4n) is 2.26. The Balaban J connectivity index is 2.13. The van der Waals surface area contributed by atoms with Gasteiger partial charge in [0.15, 0.2) is 0 Å². The van der Waals surface area contributed by atoms with Gasteiger partial charge in [-0.3, -0.25) is 0 Å². The Morgan fingerprint density at radius 2 is 2.11 bits per heavy atom. The molecule has 3 N–H and O–H groups in total. The van der Waals surface area contributed by atoms with Crippen molar-refractivity contribution in [1.82, 2.24) is 0 Å². The minimum Gasteiger partial charge on any atom is -0.394 e. The van der Waals surface area contributed by atoms with Crippen molar-refractivity contribution >= 4 is 5.69 Å². The second-order valence-electron chi connectivity index (χ2n) is 5.02. The van der Waals surface area contributed by atoms with Gasteiger partial charge in [-0.2, -0.15) is 0 Å². The average Bonchev–Trinajstić information content (AvgIpc) is 2.39. The molecule has 0 radical (unpaired) electrons. The predicted molar refractivity (Wildman–Crippen MR) is 72.7 cm³/mol. The zero-order chi connectivity index (χ0) is 13.1. The highest BCUT2D eigenvalue weighted by Crippen LogP contribution is 2.23. The fraction of sp³-hybridized carbons (Fsp3) is 0.571. The Labute approximate surface area is 108 Å². The summed E-state index contributed by atoms with van der Waals surface area (Å²) in [7, 11) is 0. The van der Waals surface area contributed by atoms with Gasteiger partial charge in [-0.15, -0.1) is 0 Å². The van der Waals surface area contributed by atoms with Crippen molar-refractivity contribution in [2.45, 2.75) is 32.0 Å². The molecule has 2 unspecified atom stereocenters. The number of hydrogen-bond donors (Lipinski definition) is 2. The lowest BCUT2D eigenvalue weighted by Gasteiger charge is -2.39. The van der Waals surface area contributed by atoms with Crippen LogP contribution in [0.3, 0.4) is 0 Å². The first-order valence-corrected chi connectivity index (χ1v) is 6.46. The second-order valence-corrected chi connectivity index (χ2v) is 5.02. The molecule has 0 amide bonds. The average molecular weight is 250 g/mol. The third-order valence-corrected chi connectivity index (χ3v) is 3.46. The topological polar surface area (TPSA) is 58.7 Å². The zero-order valence-corrected chi connectivity index (χ0v) is 11.0. The van der Waals surface area contributed by atoms with E-state index < -0.39 is 0 Å². The number of aliphatic hydroxyl groups is 1. The Hall–Kier alpha value is -1.10. The highest BCUT2D eigenvalue weighted by atomic mass is 16.5. The van der Waals surface area contributed by atoms with Crippen molar-refractivity contribution in [2.24, 2.45) is 5.73 Å². The maximum atomic E-state index is 9.19. The van der Waals surface area contributed by atoms with Gasteiger partial charge in [0.05, 0.1) is 19.3 Å². The molecule has 2 rings (SSSR count). The van der Waals surface area contributed by atoms with E-state index in [-0.39, 0.29) is 18.8 Å². The van der Waals surface area contributed by atoms with Crippen LogP contribution in [0.2, 0.25) is 0 Å². The van der Waals surface area contributed by atoms with E-state index in [0.29, 0.717) is 12.6 Å². The lowest BCUT2D eigenvalue weighted by Crippen LogP contribution is -2.49. The molecular formula is C14H22N2O2. The molecule has 18 heavy (non-hydrogen) atoms. The lowest BCUT2D eigenvalue weighted by atomic mass is 10.1. The van der Waals surface area contributed by atoms with E-state index in [1.165, 1.54) is 0 Å². The van der Waals surface area contributed by atoms with E-state index in [0.717, 1.165) is 17.8 Å². The number of nitrogens with zero attached hydrogens (tertiary/aromatic N) is 1. The van der Waals surface area contributed by atoms with E-state index in [9.17, 15) is 5.11 Å². The Kier molecular flexibility index (Phi) is 4.22. The van der Waals surface area contributed by atoms with Crippen LogP contribution >= 0.6 is 0 Å². The molecule has 1 aliphatic heterocycles. The monoisotopic (exact) mass is 250 g/mol. The lowest BCUT2D eigenvalue weighted by molar-refractivity contribution is -0.0103. The highest BCUT2D eigenvalue weighted by molar-refractivity contribution is 5.49. The number of nitrogens with two attached hydrogens (primary N) is 1. The first-order valence-electron chi connectivity index (χ1n) is 6.46. The van der Waals surface area contributed by atoms with Crippen LogP contribution in [0.4, 0.5) is 5.69 Å². The summed E-state index contributed by atoms with van der Waals surface area (Å²) in [6, 6.07) is 8.70. The van der Waals surface area contributed by atoms with Crippen LogP contribution in [0.25, 0.3) is 0 Å². The minimum atomic E-state index is -0.0886. The van der Waals surface area contributed by atoms with Crippen LogP contribution in [0.15, 0.2) is 24.3 Å². The molecule has 1 fully saturated rings. The van der Waals surface area contributed by atoms with Gasteiger partial charge in [0.1, 0.15) is 0 Å². The largest absolute Gasteiger partial charge is 0.394 e. The molecule has 1 saturated heterocycles. The Morgan fingerprint density at radius 3 is 2.67 bits per heavy atom. The summed E-state index contributed by atoms with van der Waals surface area (Å²) in [5.74, 6) is 0. The van der Waals surface area contributed by atoms with Gasteiger partial charge in [-0.25, -0.2) is 0 Å². The van der Waals surface area contributed by atoms with Crippen LogP contribution in [-0.2, 0) is 4.74 Å². The number of rotatable bonds is 3. The summed E-state index contributed by atoms with van der Waals surface area (Å²) in [4.78, 5) is 2.27. The van der Waals surface area contributed by atoms with Crippen molar-refractivity contribution in [3.05, 3.63) is 29.8 Å². The Morgan fingerprint density at radius 1 is 1.44 bits per heavy atom. The van der Waals surface area contributed by atoms with Crippen LogP contribution in [0.1, 0.15) is 25.5 Å². The van der Waals surface area contributed by atoms with Crippen LogP contribution in [0.5, 0.6) is 0 Å². The predicted octanol–water partition coefficient (Wildman–Crippen LogP) is 1.29. The van der Waals surface area contributed by atoms with E-state index in [2.05, 4.69) is 36.1 Å². The molecule has 4 nitrogen and oxygen atoms in total. The second kappa shape index (κ2) is 5.69. The molecule has 0 saturated carbocycles. The smallest absolute Gasteiger partial charge is 0.0981 e. The first-order chi connectivity index (χ1) is 8.61. The van der Waals surface area contributed by atoms with E-state index >= 15 is 0 Å². The standard InChI is InChI=1S/C14H22N2O2/c1-10-9-18-14(8-17)7-16(10)13-5-3-12(4-6-13)11(2)15/h3-6,10-11,14,17H,7-9,15H2,1-2H3/t10?,11-,14?/m0/s1. The minimum absolute atomic E-state index is 0.0614. The number of anilines is 1.